The predicted octanol–water partition coefficient (Wildman–Crippen LogP) is 18.5. The standard InChI is InChI=1S/C73H60N4/c1-69-32-7-9-34-71(69,3)76(52-28-36-74-37-29-52)64-26-21-49(42-61(64)69)47-19-23-54-55-24-20-48(50-22-27-65-62(43-50)70(2)33-8-10-35-72(70,4)77(65)53-30-38-75-39-31-53)41-60(55)73(59(54)40-47)58-15-6-5-14-56(58)68-57-25-18-46-13-11-12-45-16-17-51(44-63(68)73)67(57)66(45)46/h5-6,11-31,36-44H,7-10,32-35H2,1-4H3/t69?,70?,71-,72?,73?/m0/s1. The van der Waals surface area contributed by atoms with Gasteiger partial charge in [-0.1, -0.05) is 143 Å². The normalized spacial score (nSPS) is 25.2. The van der Waals surface area contributed by atoms with Crippen molar-refractivity contribution in [2.24, 2.45) is 0 Å². The molecule has 2 aromatic heterocycles. The van der Waals surface area contributed by atoms with Crippen LogP contribution in [0, 0.1) is 0 Å². The smallest absolute Gasteiger partial charge is 0.0726 e. The molecule has 4 nitrogen and oxygen atoms in total. The molecule has 11 aromatic rings. The van der Waals surface area contributed by atoms with Gasteiger partial charge in [-0.05, 0) is 216 Å². The van der Waals surface area contributed by atoms with Gasteiger partial charge in [0.1, 0.15) is 0 Å². The minimum Gasteiger partial charge on any atom is -0.334 e. The van der Waals surface area contributed by atoms with E-state index in [0.29, 0.717) is 0 Å². The van der Waals surface area contributed by atoms with Crippen molar-refractivity contribution in [1.29, 1.82) is 0 Å². The summed E-state index contributed by atoms with van der Waals surface area (Å²) in [5.41, 5.74) is 23.4. The molecule has 77 heavy (non-hydrogen) atoms. The number of benzene rings is 9. The molecule has 4 unspecified atom stereocenters. The van der Waals surface area contributed by atoms with Gasteiger partial charge in [-0.15, -0.1) is 0 Å². The lowest BCUT2D eigenvalue weighted by molar-refractivity contribution is 0.195. The second-order valence-electron chi connectivity index (χ2n) is 24.6. The highest BCUT2D eigenvalue weighted by Crippen LogP contribution is 2.67. The van der Waals surface area contributed by atoms with Gasteiger partial charge in [0.2, 0.25) is 0 Å². The molecule has 0 radical (unpaired) electrons. The lowest BCUT2D eigenvalue weighted by Gasteiger charge is -2.50. The molecule has 4 aliphatic carbocycles. The van der Waals surface area contributed by atoms with Gasteiger partial charge >= 0.3 is 0 Å². The van der Waals surface area contributed by atoms with Crippen molar-refractivity contribution in [3.05, 3.63) is 228 Å². The van der Waals surface area contributed by atoms with Gasteiger partial charge in [-0.2, -0.15) is 0 Å². The highest BCUT2D eigenvalue weighted by atomic mass is 15.3. The van der Waals surface area contributed by atoms with Gasteiger partial charge in [-0.3, -0.25) is 9.97 Å². The van der Waals surface area contributed by atoms with Crippen LogP contribution in [0.3, 0.4) is 0 Å². The first-order valence-electron chi connectivity index (χ1n) is 28.4. The van der Waals surface area contributed by atoms with E-state index in [1.807, 2.05) is 24.8 Å². The molecule has 5 atom stereocenters. The first kappa shape index (κ1) is 44.1. The Morgan fingerprint density at radius 1 is 0.364 bits per heavy atom. The van der Waals surface area contributed by atoms with E-state index >= 15 is 0 Å². The quantitative estimate of drug-likeness (QED) is 0.165. The van der Waals surface area contributed by atoms with Crippen molar-refractivity contribution < 1.29 is 0 Å². The number of fused-ring (bicyclic) bond motifs is 17. The zero-order valence-corrected chi connectivity index (χ0v) is 44.4. The van der Waals surface area contributed by atoms with Crippen molar-refractivity contribution in [1.82, 2.24) is 9.97 Å². The Labute approximate surface area is 451 Å². The maximum atomic E-state index is 4.44. The van der Waals surface area contributed by atoms with Crippen LogP contribution in [-0.4, -0.2) is 21.0 Å². The number of anilines is 4. The van der Waals surface area contributed by atoms with Crippen LogP contribution in [0.25, 0.3) is 76.8 Å². The Bertz CT molecular complexity index is 4140. The summed E-state index contributed by atoms with van der Waals surface area (Å²) in [6.07, 6.45) is 17.5. The third-order valence-electron chi connectivity index (χ3n) is 21.5. The maximum Gasteiger partial charge on any atom is 0.0726 e. The fourth-order valence-corrected chi connectivity index (χ4v) is 17.5. The lowest BCUT2D eigenvalue weighted by atomic mass is 9.61. The summed E-state index contributed by atoms with van der Waals surface area (Å²) in [6.45, 7) is 10.2. The highest BCUT2D eigenvalue weighted by molar-refractivity contribution is 6.27. The van der Waals surface area contributed by atoms with Crippen LogP contribution in [0.15, 0.2) is 195 Å². The third kappa shape index (κ3) is 5.35. The van der Waals surface area contributed by atoms with E-state index < -0.39 is 5.41 Å². The second-order valence-corrected chi connectivity index (χ2v) is 24.6. The Morgan fingerprint density at radius 3 is 1.40 bits per heavy atom. The summed E-state index contributed by atoms with van der Waals surface area (Å²) in [7, 11) is 0. The Kier molecular flexibility index (Phi) is 8.65. The number of hydrogen-bond acceptors (Lipinski definition) is 4. The predicted molar refractivity (Wildman–Crippen MR) is 319 cm³/mol. The van der Waals surface area contributed by atoms with Gasteiger partial charge < -0.3 is 9.80 Å². The fourth-order valence-electron chi connectivity index (χ4n) is 17.5. The monoisotopic (exact) mass is 992 g/mol. The molecule has 2 fully saturated rings. The van der Waals surface area contributed by atoms with Crippen LogP contribution in [0.5, 0.6) is 0 Å². The topological polar surface area (TPSA) is 32.3 Å². The molecule has 1 spiro atoms. The maximum absolute atomic E-state index is 4.44. The SMILES string of the molecule is CC12CCCCC1(C)N(c1ccncc1)c1ccc(-c3ccc4c(c3)C3(c5cc(-c6ccc7c(c6)C6(C)CCCC[C@]6(C)N7c6ccncc6)ccc5-4)c4ccccc4-c4c3cc3ccc5cccc6ccc4c3c56)cc12. The summed E-state index contributed by atoms with van der Waals surface area (Å²) in [4.78, 5) is 14.2. The number of nitrogens with zero attached hydrogens (tertiary/aromatic N) is 4. The van der Waals surface area contributed by atoms with Gasteiger partial charge in [0.25, 0.3) is 0 Å². The van der Waals surface area contributed by atoms with Crippen molar-refractivity contribution in [2.75, 3.05) is 9.80 Å². The second kappa shape index (κ2) is 15.1. The van der Waals surface area contributed by atoms with Crippen LogP contribution in [0.1, 0.15) is 112 Å². The van der Waals surface area contributed by atoms with Crippen LogP contribution < -0.4 is 9.80 Å². The largest absolute Gasteiger partial charge is 0.334 e. The molecule has 17 rings (SSSR count). The molecule has 0 N–H and O–H groups in total. The third-order valence-corrected chi connectivity index (χ3v) is 21.5. The Morgan fingerprint density at radius 2 is 0.844 bits per heavy atom. The van der Waals surface area contributed by atoms with E-state index in [4.69, 9.17) is 0 Å². The molecule has 2 saturated carbocycles. The number of hydrogen-bond donors (Lipinski definition) is 0. The average Bonchev–Trinajstić information content (AvgIpc) is 4.30. The molecule has 0 amide bonds. The lowest BCUT2D eigenvalue weighted by Crippen LogP contribution is -2.54. The minimum atomic E-state index is -0.571. The van der Waals surface area contributed by atoms with Crippen LogP contribution in [-0.2, 0) is 16.2 Å². The summed E-state index contributed by atoms with van der Waals surface area (Å²) >= 11 is 0. The van der Waals surface area contributed by atoms with E-state index in [1.54, 1.807) is 0 Å². The van der Waals surface area contributed by atoms with E-state index in [-0.39, 0.29) is 21.9 Å². The zero-order valence-electron chi connectivity index (χ0n) is 44.4. The molecule has 372 valence electrons. The van der Waals surface area contributed by atoms with Crippen LogP contribution in [0.4, 0.5) is 22.7 Å². The molecule has 0 bridgehead atoms. The van der Waals surface area contributed by atoms with Gasteiger partial charge in [0.05, 0.1) is 16.5 Å². The van der Waals surface area contributed by atoms with Gasteiger partial charge in [0.15, 0.2) is 0 Å². The highest BCUT2D eigenvalue weighted by Gasteiger charge is 2.59. The summed E-state index contributed by atoms with van der Waals surface area (Å²) in [6, 6.07) is 67.0. The van der Waals surface area contributed by atoms with E-state index in [0.717, 1.165) is 12.8 Å². The van der Waals surface area contributed by atoms with Gasteiger partial charge in [0, 0.05) is 58.4 Å². The summed E-state index contributed by atoms with van der Waals surface area (Å²) in [5.74, 6) is 0. The van der Waals surface area contributed by atoms with Crippen LogP contribution >= 0.6 is 0 Å². The van der Waals surface area contributed by atoms with E-state index in [2.05, 4.69) is 217 Å². The fraction of sp³-hybridized carbons (Fsp3) is 0.233. The van der Waals surface area contributed by atoms with E-state index in [1.165, 1.54) is 171 Å². The molecular weight excluding hydrogens is 933 g/mol. The van der Waals surface area contributed by atoms with Crippen molar-refractivity contribution in [3.63, 3.8) is 0 Å². The molecule has 2 aliphatic heterocycles. The van der Waals surface area contributed by atoms with Gasteiger partial charge in [-0.25, -0.2) is 0 Å². The van der Waals surface area contributed by atoms with Crippen molar-refractivity contribution >= 4 is 55.1 Å². The molecule has 0 saturated heterocycles. The molecular formula is C73H60N4. The first-order chi connectivity index (χ1) is 37.6. The Balaban J connectivity index is 0.902. The average molecular weight is 993 g/mol. The minimum absolute atomic E-state index is 0.00429. The summed E-state index contributed by atoms with van der Waals surface area (Å²) < 4.78 is 0. The van der Waals surface area contributed by atoms with Crippen LogP contribution in [0.2, 0.25) is 0 Å². The molecule has 6 aliphatic rings. The van der Waals surface area contributed by atoms with E-state index in [9.17, 15) is 0 Å². The molecule has 9 aromatic carbocycles. The number of aromatic nitrogens is 2. The molecule has 4 heteroatoms. The summed E-state index contributed by atoms with van der Waals surface area (Å²) in [5, 5.41) is 7.98. The molecule has 4 heterocycles. The van der Waals surface area contributed by atoms with Crippen molar-refractivity contribution in [2.45, 2.75) is 106 Å². The number of rotatable bonds is 4. The zero-order chi connectivity index (χ0) is 51.2. The van der Waals surface area contributed by atoms with Crippen molar-refractivity contribution in [3.8, 4) is 44.5 Å². The first-order valence-corrected chi connectivity index (χ1v) is 28.4. The Hall–Kier alpha value is -8.08. The number of pyridine rings is 2.